The van der Waals surface area contributed by atoms with Crippen LogP contribution >= 0.6 is 0 Å². The molecule has 1 N–H and O–H groups in total. The van der Waals surface area contributed by atoms with E-state index in [4.69, 9.17) is 4.74 Å². The van der Waals surface area contributed by atoms with Gasteiger partial charge in [0.15, 0.2) is 9.84 Å². The lowest BCUT2D eigenvalue weighted by Crippen LogP contribution is -2.39. The second kappa shape index (κ2) is 4.90. The van der Waals surface area contributed by atoms with Crippen molar-refractivity contribution in [3.8, 4) is 5.75 Å². The Hall–Kier alpha value is -1.07. The summed E-state index contributed by atoms with van der Waals surface area (Å²) in [5.74, 6) is 1.01. The fourth-order valence-corrected chi connectivity index (χ4v) is 4.13. The molecule has 18 heavy (non-hydrogen) atoms. The van der Waals surface area contributed by atoms with Gasteiger partial charge in [-0.2, -0.15) is 0 Å². The predicted molar refractivity (Wildman–Crippen MR) is 71.9 cm³/mol. The summed E-state index contributed by atoms with van der Waals surface area (Å²) in [5, 5.41) is 2.72. The second-order valence-electron chi connectivity index (χ2n) is 4.74. The number of benzene rings is 1. The van der Waals surface area contributed by atoms with Gasteiger partial charge < -0.3 is 10.1 Å². The Kier molecular flexibility index (Phi) is 3.64. The first kappa shape index (κ1) is 13.4. The molecule has 1 aliphatic rings. The van der Waals surface area contributed by atoms with Crippen LogP contribution in [0.1, 0.15) is 21.9 Å². The maximum Gasteiger partial charge on any atom is 0.159 e. The third-order valence-electron chi connectivity index (χ3n) is 3.46. The van der Waals surface area contributed by atoms with Crippen molar-refractivity contribution < 1.29 is 13.2 Å². The zero-order valence-electron chi connectivity index (χ0n) is 11.0. The first-order chi connectivity index (χ1) is 8.45. The van der Waals surface area contributed by atoms with E-state index >= 15 is 0 Å². The molecule has 1 aliphatic heterocycles. The maximum absolute atomic E-state index is 12.1. The SMILES string of the molecule is COc1cc(C)c(C2CNCCS2(=O)=O)cc1C. The molecule has 2 rings (SSSR count). The van der Waals surface area contributed by atoms with Crippen molar-refractivity contribution in [1.82, 2.24) is 5.32 Å². The lowest BCUT2D eigenvalue weighted by molar-refractivity contribution is 0.411. The summed E-state index contributed by atoms with van der Waals surface area (Å²) in [6.07, 6.45) is 0. The van der Waals surface area contributed by atoms with Crippen molar-refractivity contribution in [3.63, 3.8) is 0 Å². The second-order valence-corrected chi connectivity index (χ2v) is 7.04. The molecule has 1 aromatic carbocycles. The molecule has 5 heteroatoms. The van der Waals surface area contributed by atoms with E-state index in [1.807, 2.05) is 26.0 Å². The fourth-order valence-electron chi connectivity index (χ4n) is 2.40. The zero-order chi connectivity index (χ0) is 13.3. The summed E-state index contributed by atoms with van der Waals surface area (Å²) < 4.78 is 29.5. The number of sulfone groups is 1. The number of nitrogens with one attached hydrogen (secondary N) is 1. The van der Waals surface area contributed by atoms with Gasteiger partial charge in [0.2, 0.25) is 0 Å². The minimum Gasteiger partial charge on any atom is -0.496 e. The molecule has 0 spiro atoms. The number of hydrogen-bond acceptors (Lipinski definition) is 4. The van der Waals surface area contributed by atoms with Gasteiger partial charge in [0, 0.05) is 13.1 Å². The molecule has 1 unspecified atom stereocenters. The van der Waals surface area contributed by atoms with Crippen LogP contribution in [0.5, 0.6) is 5.75 Å². The fraction of sp³-hybridized carbons (Fsp3) is 0.538. The molecular formula is C13H19NO3S. The summed E-state index contributed by atoms with van der Waals surface area (Å²) in [5.41, 5.74) is 2.83. The predicted octanol–water partition coefficient (Wildman–Crippen LogP) is 1.37. The molecule has 0 amide bonds. The van der Waals surface area contributed by atoms with E-state index in [9.17, 15) is 8.42 Å². The normalized spacial score (nSPS) is 22.7. The molecule has 0 radical (unpaired) electrons. The first-order valence-corrected chi connectivity index (χ1v) is 7.74. The molecule has 0 aliphatic carbocycles. The van der Waals surface area contributed by atoms with Crippen LogP contribution in [0.2, 0.25) is 0 Å². The Labute approximate surface area is 108 Å². The van der Waals surface area contributed by atoms with Gasteiger partial charge in [-0.15, -0.1) is 0 Å². The van der Waals surface area contributed by atoms with Crippen molar-refractivity contribution in [2.75, 3.05) is 26.0 Å². The Balaban J connectivity index is 2.48. The summed E-state index contributed by atoms with van der Waals surface area (Å²) in [7, 11) is -1.41. The maximum atomic E-state index is 12.1. The molecule has 1 saturated heterocycles. The third-order valence-corrected chi connectivity index (χ3v) is 5.52. The topological polar surface area (TPSA) is 55.4 Å². The van der Waals surface area contributed by atoms with Crippen molar-refractivity contribution in [1.29, 1.82) is 0 Å². The largest absolute Gasteiger partial charge is 0.496 e. The number of methoxy groups -OCH3 is 1. The number of aryl methyl sites for hydroxylation is 2. The molecule has 0 bridgehead atoms. The molecule has 1 atom stereocenters. The van der Waals surface area contributed by atoms with Crippen molar-refractivity contribution in [2.24, 2.45) is 0 Å². The summed E-state index contributed by atoms with van der Waals surface area (Å²) in [4.78, 5) is 0. The molecule has 1 aromatic rings. The van der Waals surface area contributed by atoms with E-state index in [2.05, 4.69) is 5.32 Å². The monoisotopic (exact) mass is 269 g/mol. The van der Waals surface area contributed by atoms with Crippen LogP contribution in [0.25, 0.3) is 0 Å². The van der Waals surface area contributed by atoms with Gasteiger partial charge in [-0.05, 0) is 36.6 Å². The highest BCUT2D eigenvalue weighted by molar-refractivity contribution is 7.91. The highest BCUT2D eigenvalue weighted by Crippen LogP contribution is 2.31. The molecule has 4 nitrogen and oxygen atoms in total. The molecule has 0 saturated carbocycles. The smallest absolute Gasteiger partial charge is 0.159 e. The lowest BCUT2D eigenvalue weighted by atomic mass is 10.0. The van der Waals surface area contributed by atoms with Crippen LogP contribution in [0, 0.1) is 13.8 Å². The third kappa shape index (κ3) is 2.37. The Bertz CT molecular complexity index is 552. The van der Waals surface area contributed by atoms with E-state index in [1.54, 1.807) is 7.11 Å². The van der Waals surface area contributed by atoms with Gasteiger partial charge in [0.05, 0.1) is 18.1 Å². The molecule has 0 aromatic heterocycles. The Morgan fingerprint density at radius 1 is 1.28 bits per heavy atom. The highest BCUT2D eigenvalue weighted by Gasteiger charge is 2.31. The summed E-state index contributed by atoms with van der Waals surface area (Å²) in [6, 6.07) is 3.85. The molecular weight excluding hydrogens is 250 g/mol. The lowest BCUT2D eigenvalue weighted by Gasteiger charge is -2.25. The molecule has 1 fully saturated rings. The van der Waals surface area contributed by atoms with E-state index < -0.39 is 15.1 Å². The van der Waals surface area contributed by atoms with Crippen LogP contribution in [0.4, 0.5) is 0 Å². The standard InChI is InChI=1S/C13H19NO3S/c1-9-7-12(17-3)10(2)6-11(9)13-8-14-4-5-18(13,15)16/h6-7,13-14H,4-5,8H2,1-3H3. The number of hydrogen-bond donors (Lipinski definition) is 1. The van der Waals surface area contributed by atoms with Crippen molar-refractivity contribution >= 4 is 9.84 Å². The van der Waals surface area contributed by atoms with Crippen molar-refractivity contribution in [3.05, 3.63) is 28.8 Å². The van der Waals surface area contributed by atoms with Gasteiger partial charge in [-0.3, -0.25) is 0 Å². The molecule has 1 heterocycles. The molecule has 100 valence electrons. The summed E-state index contributed by atoms with van der Waals surface area (Å²) in [6.45, 7) is 4.91. The van der Waals surface area contributed by atoms with Crippen LogP contribution in [-0.2, 0) is 9.84 Å². The van der Waals surface area contributed by atoms with E-state index in [0.717, 1.165) is 22.4 Å². The zero-order valence-corrected chi connectivity index (χ0v) is 11.8. The number of ether oxygens (including phenoxy) is 1. The Morgan fingerprint density at radius 2 is 2.00 bits per heavy atom. The highest BCUT2D eigenvalue weighted by atomic mass is 32.2. The van der Waals surface area contributed by atoms with Crippen molar-refractivity contribution in [2.45, 2.75) is 19.1 Å². The average molecular weight is 269 g/mol. The first-order valence-electron chi connectivity index (χ1n) is 6.03. The number of rotatable bonds is 2. The van der Waals surface area contributed by atoms with Gasteiger partial charge in [0.1, 0.15) is 5.75 Å². The van der Waals surface area contributed by atoms with Crippen LogP contribution in [0.15, 0.2) is 12.1 Å². The van der Waals surface area contributed by atoms with Gasteiger partial charge in [-0.25, -0.2) is 8.42 Å². The van der Waals surface area contributed by atoms with E-state index in [-0.39, 0.29) is 5.75 Å². The summed E-state index contributed by atoms with van der Waals surface area (Å²) >= 11 is 0. The van der Waals surface area contributed by atoms with Crippen LogP contribution in [0.3, 0.4) is 0 Å². The van der Waals surface area contributed by atoms with E-state index in [0.29, 0.717) is 13.1 Å². The minimum atomic E-state index is -3.04. The minimum absolute atomic E-state index is 0.210. The van der Waals surface area contributed by atoms with Crippen LogP contribution in [-0.4, -0.2) is 34.4 Å². The van der Waals surface area contributed by atoms with E-state index in [1.165, 1.54) is 0 Å². The van der Waals surface area contributed by atoms with Gasteiger partial charge >= 0.3 is 0 Å². The van der Waals surface area contributed by atoms with Gasteiger partial charge in [0.25, 0.3) is 0 Å². The Morgan fingerprint density at radius 3 is 2.61 bits per heavy atom. The average Bonchev–Trinajstić information content (AvgIpc) is 2.31. The quantitative estimate of drug-likeness (QED) is 0.881. The van der Waals surface area contributed by atoms with Crippen LogP contribution < -0.4 is 10.1 Å². The van der Waals surface area contributed by atoms with Gasteiger partial charge in [-0.1, -0.05) is 6.07 Å².